The van der Waals surface area contributed by atoms with Crippen molar-refractivity contribution in [3.05, 3.63) is 40.8 Å². The smallest absolute Gasteiger partial charge is 0.338 e. The Hall–Kier alpha value is -1.22. The minimum absolute atomic E-state index is 0.293. The summed E-state index contributed by atoms with van der Waals surface area (Å²) in [4.78, 5) is 11.6. The molecule has 1 aromatic carbocycles. The number of esters is 1. The van der Waals surface area contributed by atoms with Crippen LogP contribution in [0.1, 0.15) is 11.1 Å². The van der Waals surface area contributed by atoms with Crippen LogP contribution < -0.4 is 0 Å². The maximum absolute atomic E-state index is 11.6. The van der Waals surface area contributed by atoms with E-state index in [1.165, 1.54) is 18.9 Å². The Morgan fingerprint density at radius 2 is 2.07 bits per heavy atom. The Bertz CT molecular complexity index is 383. The van der Waals surface area contributed by atoms with Gasteiger partial charge in [0.1, 0.15) is 0 Å². The second-order valence-electron chi connectivity index (χ2n) is 3.07. The van der Waals surface area contributed by atoms with Crippen molar-refractivity contribution in [2.75, 3.05) is 13.4 Å². The summed E-state index contributed by atoms with van der Waals surface area (Å²) in [7, 11) is 1.40. The van der Waals surface area contributed by atoms with Crippen molar-refractivity contribution >= 4 is 23.3 Å². The van der Waals surface area contributed by atoms with Crippen molar-refractivity contribution in [2.24, 2.45) is 0 Å². The van der Waals surface area contributed by atoms with Crippen molar-refractivity contribution in [1.29, 1.82) is 0 Å². The third kappa shape index (κ3) is 2.86. The van der Waals surface area contributed by atoms with Crippen molar-refractivity contribution in [3.8, 4) is 0 Å². The number of hydrogen-bond acceptors (Lipinski definition) is 3. The van der Waals surface area contributed by atoms with Crippen LogP contribution in [0.4, 0.5) is 0 Å². The molecule has 15 heavy (non-hydrogen) atoms. The predicted octanol–water partition coefficient (Wildman–Crippen LogP) is 2.87. The molecule has 0 amide bonds. The molecule has 1 rings (SSSR count). The molecule has 0 spiro atoms. The van der Waals surface area contributed by atoms with Gasteiger partial charge in [0.15, 0.2) is 0 Å². The number of rotatable bonds is 3. The summed E-state index contributed by atoms with van der Waals surface area (Å²) < 4.78 is 4.75. The lowest BCUT2D eigenvalue weighted by Crippen LogP contribution is -2.04. The number of aryl methyl sites for hydroxylation is 1. The lowest BCUT2D eigenvalue weighted by molar-refractivity contribution is -0.133. The van der Waals surface area contributed by atoms with Crippen molar-refractivity contribution < 1.29 is 9.53 Å². The van der Waals surface area contributed by atoms with Gasteiger partial charge in [0.2, 0.25) is 0 Å². The fourth-order valence-corrected chi connectivity index (χ4v) is 1.78. The molecule has 0 unspecified atom stereocenters. The van der Waals surface area contributed by atoms with Gasteiger partial charge in [-0.05, 0) is 29.7 Å². The van der Waals surface area contributed by atoms with Crippen LogP contribution >= 0.6 is 11.8 Å². The molecule has 0 N–H and O–H groups in total. The second kappa shape index (κ2) is 5.61. The van der Waals surface area contributed by atoms with E-state index in [1.807, 2.05) is 42.9 Å². The molecule has 0 aromatic heterocycles. The summed E-state index contributed by atoms with van der Waals surface area (Å²) >= 11 is 1.49. The SMILES string of the molecule is COC(=O)C(=CSC)c1ccccc1C. The second-order valence-corrected chi connectivity index (χ2v) is 3.78. The molecule has 0 aliphatic carbocycles. The summed E-state index contributed by atoms with van der Waals surface area (Å²) in [6.07, 6.45) is 1.92. The van der Waals surface area contributed by atoms with E-state index in [2.05, 4.69) is 0 Å². The summed E-state index contributed by atoms with van der Waals surface area (Å²) in [5.41, 5.74) is 2.62. The summed E-state index contributed by atoms with van der Waals surface area (Å²) in [5.74, 6) is -0.293. The molecule has 2 nitrogen and oxygen atoms in total. The molecule has 3 heteroatoms. The quantitative estimate of drug-likeness (QED) is 0.581. The van der Waals surface area contributed by atoms with Gasteiger partial charge >= 0.3 is 5.97 Å². The molecular weight excluding hydrogens is 208 g/mol. The van der Waals surface area contributed by atoms with Gasteiger partial charge in [0.05, 0.1) is 12.7 Å². The zero-order chi connectivity index (χ0) is 11.3. The monoisotopic (exact) mass is 222 g/mol. The molecule has 0 radical (unpaired) electrons. The Kier molecular flexibility index (Phi) is 4.43. The van der Waals surface area contributed by atoms with Crippen LogP contribution in [-0.4, -0.2) is 19.3 Å². The highest BCUT2D eigenvalue weighted by Gasteiger charge is 2.13. The molecule has 0 saturated heterocycles. The van der Waals surface area contributed by atoms with E-state index in [1.54, 1.807) is 0 Å². The van der Waals surface area contributed by atoms with Gasteiger partial charge < -0.3 is 4.74 Å². The molecule has 0 aliphatic heterocycles. The standard InChI is InChI=1S/C12H14O2S/c1-9-6-4-5-7-10(9)11(8-15-3)12(13)14-2/h4-8H,1-3H3. The lowest BCUT2D eigenvalue weighted by atomic mass is 10.0. The molecule has 0 aliphatic rings. The first-order valence-electron chi connectivity index (χ1n) is 4.58. The number of hydrogen-bond donors (Lipinski definition) is 0. The van der Waals surface area contributed by atoms with Gasteiger partial charge in [-0.3, -0.25) is 0 Å². The number of thioether (sulfide) groups is 1. The van der Waals surface area contributed by atoms with Crippen LogP contribution in [0.2, 0.25) is 0 Å². The molecule has 0 fully saturated rings. The van der Waals surface area contributed by atoms with E-state index in [0.29, 0.717) is 5.57 Å². The molecule has 80 valence electrons. The minimum atomic E-state index is -0.293. The fraction of sp³-hybridized carbons (Fsp3) is 0.250. The van der Waals surface area contributed by atoms with Gasteiger partial charge in [-0.1, -0.05) is 24.3 Å². The maximum atomic E-state index is 11.6. The van der Waals surface area contributed by atoms with E-state index in [4.69, 9.17) is 4.74 Å². The average molecular weight is 222 g/mol. The highest BCUT2D eigenvalue weighted by molar-refractivity contribution is 8.01. The highest BCUT2D eigenvalue weighted by Crippen LogP contribution is 2.22. The molecule has 0 atom stereocenters. The van der Waals surface area contributed by atoms with Crippen LogP contribution in [0.15, 0.2) is 29.7 Å². The summed E-state index contributed by atoms with van der Waals surface area (Å²) in [6, 6.07) is 7.77. The van der Waals surface area contributed by atoms with E-state index < -0.39 is 0 Å². The summed E-state index contributed by atoms with van der Waals surface area (Å²) in [5, 5.41) is 1.81. The fourth-order valence-electron chi connectivity index (χ4n) is 1.32. The van der Waals surface area contributed by atoms with Gasteiger partial charge in [-0.15, -0.1) is 11.8 Å². The number of methoxy groups -OCH3 is 1. The number of benzene rings is 1. The maximum Gasteiger partial charge on any atom is 0.338 e. The molecule has 0 bridgehead atoms. The van der Waals surface area contributed by atoms with E-state index in [-0.39, 0.29) is 5.97 Å². The van der Waals surface area contributed by atoms with Gasteiger partial charge in [-0.2, -0.15) is 0 Å². The van der Waals surface area contributed by atoms with E-state index in [9.17, 15) is 4.79 Å². The Morgan fingerprint density at radius 3 is 2.60 bits per heavy atom. The first-order valence-corrected chi connectivity index (χ1v) is 5.86. The topological polar surface area (TPSA) is 26.3 Å². The zero-order valence-electron chi connectivity index (χ0n) is 9.11. The van der Waals surface area contributed by atoms with Crippen molar-refractivity contribution in [2.45, 2.75) is 6.92 Å². The first kappa shape index (κ1) is 11.9. The Labute approximate surface area is 94.3 Å². The van der Waals surface area contributed by atoms with Crippen LogP contribution in [0.3, 0.4) is 0 Å². The third-order valence-electron chi connectivity index (χ3n) is 2.08. The van der Waals surface area contributed by atoms with Gasteiger partial charge in [0, 0.05) is 0 Å². The number of ether oxygens (including phenoxy) is 1. The van der Waals surface area contributed by atoms with Crippen LogP contribution in [0, 0.1) is 6.92 Å². The molecule has 0 heterocycles. The Morgan fingerprint density at radius 1 is 1.40 bits per heavy atom. The van der Waals surface area contributed by atoms with Crippen LogP contribution in [-0.2, 0) is 9.53 Å². The van der Waals surface area contributed by atoms with Crippen LogP contribution in [0.5, 0.6) is 0 Å². The lowest BCUT2D eigenvalue weighted by Gasteiger charge is -2.07. The number of carbonyl (C=O) groups excluding carboxylic acids is 1. The Balaban J connectivity index is 3.17. The summed E-state index contributed by atoms with van der Waals surface area (Å²) in [6.45, 7) is 1.98. The molecular formula is C12H14O2S. The van der Waals surface area contributed by atoms with E-state index in [0.717, 1.165) is 11.1 Å². The molecule has 0 saturated carbocycles. The number of carbonyl (C=O) groups is 1. The van der Waals surface area contributed by atoms with Crippen LogP contribution in [0.25, 0.3) is 5.57 Å². The van der Waals surface area contributed by atoms with Crippen molar-refractivity contribution in [1.82, 2.24) is 0 Å². The average Bonchev–Trinajstić information content (AvgIpc) is 2.26. The largest absolute Gasteiger partial charge is 0.465 e. The van der Waals surface area contributed by atoms with Crippen molar-refractivity contribution in [3.63, 3.8) is 0 Å². The van der Waals surface area contributed by atoms with Gasteiger partial charge in [0.25, 0.3) is 0 Å². The zero-order valence-corrected chi connectivity index (χ0v) is 9.93. The third-order valence-corrected chi connectivity index (χ3v) is 2.55. The van der Waals surface area contributed by atoms with Gasteiger partial charge in [-0.25, -0.2) is 4.79 Å². The highest BCUT2D eigenvalue weighted by atomic mass is 32.2. The first-order chi connectivity index (χ1) is 7.20. The predicted molar refractivity (Wildman–Crippen MR) is 64.7 cm³/mol. The minimum Gasteiger partial charge on any atom is -0.465 e. The van der Waals surface area contributed by atoms with E-state index >= 15 is 0 Å². The normalized spacial score (nSPS) is 11.3. The molecule has 1 aromatic rings.